The summed E-state index contributed by atoms with van der Waals surface area (Å²) in [6.07, 6.45) is 3.12. The van der Waals surface area contributed by atoms with Crippen molar-refractivity contribution < 1.29 is 23.7 Å². The predicted octanol–water partition coefficient (Wildman–Crippen LogP) is 5.76. The molecular weight excluding hydrogens is 432 g/mol. The summed E-state index contributed by atoms with van der Waals surface area (Å²) >= 11 is 0. The van der Waals surface area contributed by atoms with Gasteiger partial charge in [0.15, 0.2) is 11.5 Å². The topological polar surface area (TPSA) is 69.6 Å². The van der Waals surface area contributed by atoms with E-state index in [1.54, 1.807) is 27.5 Å². The summed E-state index contributed by atoms with van der Waals surface area (Å²) in [5, 5.41) is 0. The van der Waals surface area contributed by atoms with E-state index in [4.69, 9.17) is 23.9 Å². The summed E-state index contributed by atoms with van der Waals surface area (Å²) in [4.78, 5) is 18.6. The van der Waals surface area contributed by atoms with Crippen molar-refractivity contribution in [3.05, 3.63) is 53.7 Å². The molecule has 0 atom stereocenters. The first-order valence-electron chi connectivity index (χ1n) is 11.2. The molecule has 0 aromatic heterocycles. The summed E-state index contributed by atoms with van der Waals surface area (Å²) in [5.74, 6) is 1.74. The van der Waals surface area contributed by atoms with Crippen LogP contribution in [-0.2, 0) is 9.47 Å². The molecule has 182 valence electrons. The lowest BCUT2D eigenvalue weighted by Gasteiger charge is -2.22. The summed E-state index contributed by atoms with van der Waals surface area (Å²) in [6, 6.07) is 11.6. The van der Waals surface area contributed by atoms with E-state index < -0.39 is 11.7 Å². The highest BCUT2D eigenvalue weighted by Crippen LogP contribution is 2.43. The van der Waals surface area contributed by atoms with Gasteiger partial charge in [-0.2, -0.15) is 0 Å². The number of aliphatic imine (C=N–C) groups is 1. The van der Waals surface area contributed by atoms with Crippen molar-refractivity contribution in [1.29, 1.82) is 0 Å². The summed E-state index contributed by atoms with van der Waals surface area (Å²) < 4.78 is 22.8. The van der Waals surface area contributed by atoms with E-state index in [1.807, 2.05) is 77.1 Å². The van der Waals surface area contributed by atoms with E-state index in [2.05, 4.69) is 0 Å². The third-order valence-electron chi connectivity index (χ3n) is 5.13. The molecule has 2 aromatic carbocycles. The van der Waals surface area contributed by atoms with Gasteiger partial charge in [0.25, 0.3) is 0 Å². The van der Waals surface area contributed by atoms with Crippen LogP contribution in [0.2, 0.25) is 0 Å². The van der Waals surface area contributed by atoms with Crippen molar-refractivity contribution in [2.75, 3.05) is 27.9 Å². The van der Waals surface area contributed by atoms with E-state index in [1.165, 1.54) is 4.90 Å². The van der Waals surface area contributed by atoms with Crippen LogP contribution in [0.3, 0.4) is 0 Å². The second-order valence-corrected chi connectivity index (χ2v) is 9.74. The Hall–Kier alpha value is -3.48. The molecule has 1 amide bonds. The summed E-state index contributed by atoms with van der Waals surface area (Å²) in [5.41, 5.74) is 2.50. The van der Waals surface area contributed by atoms with E-state index in [9.17, 15) is 4.79 Å². The van der Waals surface area contributed by atoms with Gasteiger partial charge in [0.1, 0.15) is 12.2 Å². The van der Waals surface area contributed by atoms with Crippen molar-refractivity contribution in [2.45, 2.75) is 45.8 Å². The second kappa shape index (κ2) is 9.79. The number of rotatable bonds is 6. The first kappa shape index (κ1) is 25.1. The minimum absolute atomic E-state index is 0.310. The lowest BCUT2D eigenvalue weighted by molar-refractivity contribution is 0.0373. The number of methoxy groups -OCH3 is 2. The number of benzene rings is 2. The van der Waals surface area contributed by atoms with E-state index in [0.717, 1.165) is 22.3 Å². The van der Waals surface area contributed by atoms with Crippen LogP contribution in [0, 0.1) is 0 Å². The van der Waals surface area contributed by atoms with Crippen molar-refractivity contribution in [2.24, 2.45) is 4.99 Å². The van der Waals surface area contributed by atoms with Crippen LogP contribution in [0.4, 0.5) is 4.79 Å². The van der Waals surface area contributed by atoms with Gasteiger partial charge in [0.05, 0.1) is 19.8 Å². The quantitative estimate of drug-likeness (QED) is 0.541. The molecule has 0 fully saturated rings. The summed E-state index contributed by atoms with van der Waals surface area (Å²) in [6.45, 7) is 10.1. The molecule has 0 N–H and O–H groups in total. The molecule has 7 nitrogen and oxygen atoms in total. The average molecular weight is 467 g/mol. The Kier molecular flexibility index (Phi) is 7.24. The normalized spacial score (nSPS) is 15.0. The van der Waals surface area contributed by atoms with Crippen LogP contribution in [0.1, 0.15) is 45.7 Å². The zero-order chi connectivity index (χ0) is 25.1. The molecule has 1 aliphatic heterocycles. The highest BCUT2D eigenvalue weighted by molar-refractivity contribution is 6.05. The average Bonchev–Trinajstić information content (AvgIpc) is 3.14. The Morgan fingerprint density at radius 1 is 1.09 bits per heavy atom. The van der Waals surface area contributed by atoms with Gasteiger partial charge in [-0.05, 0) is 64.0 Å². The first-order chi connectivity index (χ1) is 16.0. The lowest BCUT2D eigenvalue weighted by Crippen LogP contribution is -2.31. The maximum Gasteiger partial charge on any atom is 0.414 e. The van der Waals surface area contributed by atoms with Gasteiger partial charge in [0.2, 0.25) is 5.90 Å². The molecule has 0 saturated carbocycles. The molecule has 0 bridgehead atoms. The Morgan fingerprint density at radius 2 is 1.79 bits per heavy atom. The van der Waals surface area contributed by atoms with Crippen LogP contribution in [0.5, 0.6) is 11.5 Å². The van der Waals surface area contributed by atoms with Gasteiger partial charge < -0.3 is 18.9 Å². The van der Waals surface area contributed by atoms with Crippen LogP contribution >= 0.6 is 0 Å². The molecule has 34 heavy (non-hydrogen) atoms. The molecule has 7 heteroatoms. The number of carbonyl (C=O) groups is 1. The highest BCUT2D eigenvalue weighted by atomic mass is 16.6. The number of nitrogens with zero attached hydrogens (tertiary/aromatic N) is 2. The molecule has 1 heterocycles. The Morgan fingerprint density at radius 3 is 2.38 bits per heavy atom. The zero-order valence-corrected chi connectivity index (χ0v) is 21.3. The number of carbonyl (C=O) groups excluding carboxylic acids is 1. The van der Waals surface area contributed by atoms with Gasteiger partial charge in [-0.3, -0.25) is 4.90 Å². The summed E-state index contributed by atoms with van der Waals surface area (Å²) in [7, 11) is 4.88. The molecule has 0 saturated heterocycles. The molecule has 0 aliphatic carbocycles. The SMILES string of the molecule is COc1ccc(C2=NC(C)(C)CO2)c(-c2ccccc2/C=C/N(C)C(=O)OC(C)(C)C)c1OC. The van der Waals surface area contributed by atoms with Gasteiger partial charge >= 0.3 is 6.09 Å². The minimum Gasteiger partial charge on any atom is -0.493 e. The maximum atomic E-state index is 12.4. The van der Waals surface area contributed by atoms with Crippen LogP contribution < -0.4 is 9.47 Å². The van der Waals surface area contributed by atoms with Crippen molar-refractivity contribution >= 4 is 18.1 Å². The monoisotopic (exact) mass is 466 g/mol. The Labute approximate surface area is 202 Å². The fourth-order valence-corrected chi connectivity index (χ4v) is 3.55. The van der Waals surface area contributed by atoms with E-state index in [-0.39, 0.29) is 5.54 Å². The van der Waals surface area contributed by atoms with Crippen molar-refractivity contribution in [1.82, 2.24) is 4.90 Å². The molecular formula is C27H34N2O5. The van der Waals surface area contributed by atoms with Gasteiger partial charge in [-0.25, -0.2) is 9.79 Å². The third-order valence-corrected chi connectivity index (χ3v) is 5.13. The zero-order valence-electron chi connectivity index (χ0n) is 21.3. The van der Waals surface area contributed by atoms with Gasteiger partial charge in [-0.1, -0.05) is 24.3 Å². The van der Waals surface area contributed by atoms with Crippen molar-refractivity contribution in [3.8, 4) is 22.6 Å². The molecule has 1 aliphatic rings. The van der Waals surface area contributed by atoms with Crippen LogP contribution in [-0.4, -0.2) is 55.9 Å². The third kappa shape index (κ3) is 5.71. The number of hydrogen-bond acceptors (Lipinski definition) is 6. The fourth-order valence-electron chi connectivity index (χ4n) is 3.55. The molecule has 3 rings (SSSR count). The number of hydrogen-bond donors (Lipinski definition) is 0. The predicted molar refractivity (Wildman–Crippen MR) is 135 cm³/mol. The standard InChI is InChI=1S/C27H34N2O5/c1-26(2,3)34-25(30)29(6)16-15-18-11-9-10-12-19(18)22-20(24-28-27(4,5)17-33-24)13-14-21(31-7)23(22)32-8/h9-16H,17H2,1-8H3/b16-15+. The number of ether oxygens (including phenoxy) is 4. The first-order valence-corrected chi connectivity index (χ1v) is 11.2. The maximum absolute atomic E-state index is 12.4. The van der Waals surface area contributed by atoms with E-state index in [0.29, 0.717) is 24.0 Å². The molecule has 2 aromatic rings. The number of amides is 1. The minimum atomic E-state index is -0.574. The molecule has 0 spiro atoms. The Bertz CT molecular complexity index is 1110. The fraction of sp³-hybridized carbons (Fsp3) is 0.407. The molecule has 0 radical (unpaired) electrons. The second-order valence-electron chi connectivity index (χ2n) is 9.74. The van der Waals surface area contributed by atoms with Gasteiger partial charge in [-0.15, -0.1) is 0 Å². The van der Waals surface area contributed by atoms with Crippen molar-refractivity contribution in [3.63, 3.8) is 0 Å². The van der Waals surface area contributed by atoms with Gasteiger partial charge in [0, 0.05) is 24.4 Å². The lowest BCUT2D eigenvalue weighted by atomic mass is 9.93. The van der Waals surface area contributed by atoms with Crippen LogP contribution in [0.15, 0.2) is 47.6 Å². The van der Waals surface area contributed by atoms with E-state index >= 15 is 0 Å². The smallest absolute Gasteiger partial charge is 0.414 e. The van der Waals surface area contributed by atoms with Crippen LogP contribution in [0.25, 0.3) is 17.2 Å². The Balaban J connectivity index is 2.11. The highest BCUT2D eigenvalue weighted by Gasteiger charge is 2.30. The largest absolute Gasteiger partial charge is 0.493 e. The molecule has 0 unspecified atom stereocenters.